The Morgan fingerprint density at radius 3 is 2.46 bits per heavy atom. The molecule has 2 amide bonds. The minimum absolute atomic E-state index is 0.0582. The Bertz CT molecular complexity index is 837. The first kappa shape index (κ1) is 20.2. The zero-order valence-corrected chi connectivity index (χ0v) is 16.4. The third-order valence-corrected chi connectivity index (χ3v) is 7.51. The quantitative estimate of drug-likeness (QED) is 0.584. The van der Waals surface area contributed by atoms with E-state index in [0.717, 1.165) is 0 Å². The van der Waals surface area contributed by atoms with Gasteiger partial charge in [-0.2, -0.15) is 0 Å². The summed E-state index contributed by atoms with van der Waals surface area (Å²) in [7, 11) is 0. The summed E-state index contributed by atoms with van der Waals surface area (Å²) in [5.74, 6) is -2.90. The van der Waals surface area contributed by atoms with Crippen LogP contribution in [0.1, 0.15) is 42.6 Å². The lowest BCUT2D eigenvalue weighted by atomic mass is 9.89. The lowest BCUT2D eigenvalue weighted by Gasteiger charge is -2.43. The Morgan fingerprint density at radius 2 is 1.89 bits per heavy atom. The van der Waals surface area contributed by atoms with Gasteiger partial charge in [0.2, 0.25) is 11.8 Å². The third-order valence-electron chi connectivity index (χ3n) is 5.50. The second kappa shape index (κ2) is 7.46. The number of hydrogen-bond donors (Lipinski definition) is 3. The number of aromatic carboxylic acids is 1. The van der Waals surface area contributed by atoms with Crippen LogP contribution in [-0.2, 0) is 20.8 Å². The number of thioether (sulfide) groups is 1. The number of carboxylic acids is 2. The molecule has 2 aliphatic heterocycles. The molecule has 2 saturated heterocycles. The number of β-lactam (4-membered cyclic amide) rings is 1. The van der Waals surface area contributed by atoms with E-state index in [-0.39, 0.29) is 17.9 Å². The molecule has 3 unspecified atom stereocenters. The highest BCUT2D eigenvalue weighted by Crippen LogP contribution is 2.54. The Hall–Kier alpha value is -2.55. The number of benzene rings is 1. The topological polar surface area (TPSA) is 124 Å². The van der Waals surface area contributed by atoms with Gasteiger partial charge < -0.3 is 20.4 Å². The number of carboxylic acid groups (broad SMARTS) is 2. The molecule has 2 fully saturated rings. The van der Waals surface area contributed by atoms with E-state index in [1.54, 1.807) is 12.1 Å². The van der Waals surface area contributed by atoms with Crippen molar-refractivity contribution in [1.29, 1.82) is 0 Å². The van der Waals surface area contributed by atoms with Crippen molar-refractivity contribution >= 4 is 35.5 Å². The van der Waals surface area contributed by atoms with Crippen LogP contribution in [0.25, 0.3) is 0 Å². The van der Waals surface area contributed by atoms with Gasteiger partial charge in [0.05, 0.1) is 12.0 Å². The normalized spacial score (nSPS) is 25.0. The first-order valence-corrected chi connectivity index (χ1v) is 9.96. The number of nitrogens with zero attached hydrogens (tertiary/aromatic N) is 1. The number of fused-ring (bicyclic) bond motifs is 1. The minimum Gasteiger partial charge on any atom is -0.480 e. The molecule has 1 aromatic rings. The molecule has 0 radical (unpaired) electrons. The second-order valence-electron chi connectivity index (χ2n) is 6.99. The molecule has 3 rings (SSSR count). The van der Waals surface area contributed by atoms with Crippen molar-refractivity contribution in [1.82, 2.24) is 10.2 Å². The standard InChI is InChI=1S/C19H22N2O6S/c1-3-19(4-2)14(18(26)27)21-15(23)13(16(21)28-19)20-12(22)9-10-6-5-7-11(8-10)17(24)25/h5-8,13-14,16H,3-4,9H2,1-2H3,(H,20,22)(H,24,25)(H,26,27). The van der Waals surface area contributed by atoms with Gasteiger partial charge in [-0.1, -0.05) is 26.0 Å². The number of amides is 2. The first-order valence-electron chi connectivity index (χ1n) is 9.08. The SMILES string of the molecule is CCC1(CC)SC2C(NC(=O)Cc3cccc(C(=O)O)c3)C(=O)N2C1C(=O)O. The molecule has 0 aromatic heterocycles. The largest absolute Gasteiger partial charge is 0.480 e. The molecule has 3 atom stereocenters. The summed E-state index contributed by atoms with van der Waals surface area (Å²) in [6.45, 7) is 3.82. The maximum Gasteiger partial charge on any atom is 0.335 e. The highest BCUT2D eigenvalue weighted by Gasteiger charge is 2.65. The van der Waals surface area contributed by atoms with Gasteiger partial charge in [0.25, 0.3) is 0 Å². The fourth-order valence-corrected chi connectivity index (χ4v) is 5.77. The smallest absolute Gasteiger partial charge is 0.335 e. The van der Waals surface area contributed by atoms with Gasteiger partial charge in [0, 0.05) is 4.75 Å². The van der Waals surface area contributed by atoms with Gasteiger partial charge in [-0.15, -0.1) is 11.8 Å². The molecule has 150 valence electrons. The molecule has 1 aromatic carbocycles. The van der Waals surface area contributed by atoms with Crippen molar-refractivity contribution in [2.75, 3.05) is 0 Å². The summed E-state index contributed by atoms with van der Waals surface area (Å²) < 4.78 is -0.568. The van der Waals surface area contributed by atoms with E-state index in [9.17, 15) is 24.3 Å². The van der Waals surface area contributed by atoms with Gasteiger partial charge >= 0.3 is 11.9 Å². The zero-order valence-electron chi connectivity index (χ0n) is 15.5. The van der Waals surface area contributed by atoms with Crippen molar-refractivity contribution < 1.29 is 29.4 Å². The zero-order chi connectivity index (χ0) is 20.6. The minimum atomic E-state index is -1.08. The number of rotatable bonds is 7. The van der Waals surface area contributed by atoms with Crippen LogP contribution in [0.2, 0.25) is 0 Å². The average Bonchev–Trinajstić information content (AvgIpc) is 2.98. The molecule has 8 nitrogen and oxygen atoms in total. The lowest BCUT2D eigenvalue weighted by Crippen LogP contribution is -2.70. The van der Waals surface area contributed by atoms with E-state index in [4.69, 9.17) is 5.11 Å². The summed E-state index contributed by atoms with van der Waals surface area (Å²) in [5, 5.41) is 21.0. The predicted octanol–water partition coefficient (Wildman–Crippen LogP) is 1.34. The van der Waals surface area contributed by atoms with Gasteiger partial charge in [-0.25, -0.2) is 9.59 Å². The number of nitrogens with one attached hydrogen (secondary N) is 1. The maximum absolute atomic E-state index is 12.6. The van der Waals surface area contributed by atoms with Gasteiger partial charge in [-0.3, -0.25) is 9.59 Å². The van der Waals surface area contributed by atoms with Crippen LogP contribution >= 0.6 is 11.8 Å². The second-order valence-corrected chi connectivity index (χ2v) is 8.53. The fraction of sp³-hybridized carbons (Fsp3) is 0.474. The molecule has 0 aliphatic carbocycles. The van der Waals surface area contributed by atoms with Crippen LogP contribution in [-0.4, -0.2) is 61.1 Å². The van der Waals surface area contributed by atoms with E-state index in [1.165, 1.54) is 28.8 Å². The molecule has 28 heavy (non-hydrogen) atoms. The number of hydrogen-bond acceptors (Lipinski definition) is 5. The summed E-state index contributed by atoms with van der Waals surface area (Å²) in [6.07, 6.45) is 1.15. The van der Waals surface area contributed by atoms with Crippen LogP contribution in [0.4, 0.5) is 0 Å². The van der Waals surface area contributed by atoms with Crippen LogP contribution in [0.15, 0.2) is 24.3 Å². The van der Waals surface area contributed by atoms with Crippen molar-refractivity contribution in [2.45, 2.75) is 55.3 Å². The maximum atomic E-state index is 12.6. The molecule has 9 heteroatoms. The molecular weight excluding hydrogens is 384 g/mol. The van der Waals surface area contributed by atoms with E-state index in [1.807, 2.05) is 13.8 Å². The molecule has 2 heterocycles. The summed E-state index contributed by atoms with van der Waals surface area (Å²) in [6, 6.07) is 4.40. The van der Waals surface area contributed by atoms with Crippen molar-refractivity contribution in [3.05, 3.63) is 35.4 Å². The van der Waals surface area contributed by atoms with Crippen LogP contribution in [0.5, 0.6) is 0 Å². The molecule has 2 aliphatic rings. The summed E-state index contributed by atoms with van der Waals surface area (Å²) >= 11 is 1.44. The Balaban J connectivity index is 1.70. The van der Waals surface area contributed by atoms with Crippen LogP contribution in [0.3, 0.4) is 0 Å². The fourth-order valence-electron chi connectivity index (χ4n) is 3.95. The van der Waals surface area contributed by atoms with E-state index >= 15 is 0 Å². The highest BCUT2D eigenvalue weighted by atomic mass is 32.2. The van der Waals surface area contributed by atoms with Crippen molar-refractivity contribution in [2.24, 2.45) is 0 Å². The number of aliphatic carboxylic acids is 1. The van der Waals surface area contributed by atoms with E-state index in [2.05, 4.69) is 5.32 Å². The molecular formula is C19H22N2O6S. The average molecular weight is 406 g/mol. The molecule has 0 spiro atoms. The Morgan fingerprint density at radius 1 is 1.21 bits per heavy atom. The van der Waals surface area contributed by atoms with E-state index in [0.29, 0.717) is 18.4 Å². The Labute approximate surface area is 166 Å². The van der Waals surface area contributed by atoms with E-state index < -0.39 is 40.1 Å². The monoisotopic (exact) mass is 406 g/mol. The number of carbonyl (C=O) groups excluding carboxylic acids is 2. The lowest BCUT2D eigenvalue weighted by molar-refractivity contribution is -0.161. The van der Waals surface area contributed by atoms with Gasteiger partial charge in [-0.05, 0) is 30.5 Å². The predicted molar refractivity (Wildman–Crippen MR) is 102 cm³/mol. The summed E-state index contributed by atoms with van der Waals surface area (Å²) in [5.41, 5.74) is 0.613. The van der Waals surface area contributed by atoms with Crippen LogP contribution in [0, 0.1) is 0 Å². The van der Waals surface area contributed by atoms with Crippen molar-refractivity contribution in [3.8, 4) is 0 Å². The Kier molecular flexibility index (Phi) is 5.38. The first-order chi connectivity index (χ1) is 13.2. The van der Waals surface area contributed by atoms with Crippen LogP contribution < -0.4 is 5.32 Å². The van der Waals surface area contributed by atoms with Gasteiger partial charge in [0.15, 0.2) is 0 Å². The highest BCUT2D eigenvalue weighted by molar-refractivity contribution is 8.01. The third kappa shape index (κ3) is 3.23. The van der Waals surface area contributed by atoms with Gasteiger partial charge in [0.1, 0.15) is 17.5 Å². The summed E-state index contributed by atoms with van der Waals surface area (Å²) in [4.78, 5) is 49.2. The van der Waals surface area contributed by atoms with Crippen molar-refractivity contribution in [3.63, 3.8) is 0 Å². The molecule has 0 bridgehead atoms. The molecule has 3 N–H and O–H groups in total. The number of carbonyl (C=O) groups is 4. The molecule has 0 saturated carbocycles.